The molecule has 0 spiro atoms. The van der Waals surface area contributed by atoms with Crippen LogP contribution in [-0.2, 0) is 0 Å². The minimum Gasteiger partial charge on any atom is -0.484 e. The number of rotatable bonds is 7. The standard InChI is InChI=1S/C13H21N3O4/c1-8(2)20-12-6-4-5-11(13(12)16(18)19)15-7-10(14)9(3)17/h4-6,8-10,15,17H,7,14H2,1-3H3. The number of nitrogens with zero attached hydrogens (tertiary/aromatic N) is 1. The van der Waals surface area contributed by atoms with Crippen LogP contribution in [-0.4, -0.2) is 34.8 Å². The van der Waals surface area contributed by atoms with E-state index in [2.05, 4.69) is 5.32 Å². The molecule has 7 heteroatoms. The molecule has 0 aromatic heterocycles. The number of benzene rings is 1. The van der Waals surface area contributed by atoms with Gasteiger partial charge in [0.2, 0.25) is 0 Å². The minimum atomic E-state index is -0.698. The highest BCUT2D eigenvalue weighted by Crippen LogP contribution is 2.35. The van der Waals surface area contributed by atoms with Crippen molar-refractivity contribution >= 4 is 11.4 Å². The second-order valence-electron chi connectivity index (χ2n) is 4.86. The summed E-state index contributed by atoms with van der Waals surface area (Å²) < 4.78 is 5.44. The van der Waals surface area contributed by atoms with Gasteiger partial charge in [0.15, 0.2) is 5.75 Å². The molecule has 0 aliphatic carbocycles. The molecule has 2 atom stereocenters. The molecule has 1 aromatic rings. The Morgan fingerprint density at radius 3 is 2.60 bits per heavy atom. The predicted octanol–water partition coefficient (Wildman–Crippen LogP) is 1.50. The lowest BCUT2D eigenvalue weighted by Gasteiger charge is -2.17. The van der Waals surface area contributed by atoms with E-state index in [0.29, 0.717) is 5.69 Å². The maximum Gasteiger partial charge on any atom is 0.333 e. The fraction of sp³-hybridized carbons (Fsp3) is 0.538. The van der Waals surface area contributed by atoms with E-state index in [4.69, 9.17) is 10.5 Å². The number of nitro benzene ring substituents is 1. The lowest BCUT2D eigenvalue weighted by Crippen LogP contribution is -2.38. The average molecular weight is 283 g/mol. The van der Waals surface area contributed by atoms with Crippen molar-refractivity contribution in [3.63, 3.8) is 0 Å². The monoisotopic (exact) mass is 283 g/mol. The van der Waals surface area contributed by atoms with Crippen LogP contribution in [0.25, 0.3) is 0 Å². The zero-order valence-electron chi connectivity index (χ0n) is 11.9. The van der Waals surface area contributed by atoms with E-state index in [1.165, 1.54) is 0 Å². The van der Waals surface area contributed by atoms with E-state index in [9.17, 15) is 15.2 Å². The van der Waals surface area contributed by atoms with Crippen LogP contribution in [0.3, 0.4) is 0 Å². The molecule has 20 heavy (non-hydrogen) atoms. The molecule has 0 saturated heterocycles. The van der Waals surface area contributed by atoms with Crippen LogP contribution in [0, 0.1) is 10.1 Å². The third-order valence-corrected chi connectivity index (χ3v) is 2.69. The Morgan fingerprint density at radius 1 is 1.45 bits per heavy atom. The number of nitrogens with two attached hydrogens (primary N) is 1. The summed E-state index contributed by atoms with van der Waals surface area (Å²) in [6.07, 6.45) is -0.861. The molecule has 112 valence electrons. The Balaban J connectivity index is 2.97. The Bertz CT molecular complexity index is 463. The Kier molecular flexibility index (Phi) is 5.72. The topological polar surface area (TPSA) is 111 Å². The van der Waals surface area contributed by atoms with Crippen molar-refractivity contribution < 1.29 is 14.8 Å². The highest BCUT2D eigenvalue weighted by atomic mass is 16.6. The largest absolute Gasteiger partial charge is 0.484 e. The maximum atomic E-state index is 11.2. The highest BCUT2D eigenvalue weighted by Gasteiger charge is 2.22. The van der Waals surface area contributed by atoms with Gasteiger partial charge >= 0.3 is 5.69 Å². The van der Waals surface area contributed by atoms with E-state index < -0.39 is 17.1 Å². The first kappa shape index (κ1) is 16.2. The molecule has 0 aliphatic rings. The summed E-state index contributed by atoms with van der Waals surface area (Å²) in [5, 5.41) is 23.4. The fourth-order valence-corrected chi connectivity index (χ4v) is 1.60. The number of anilines is 1. The average Bonchev–Trinajstić information content (AvgIpc) is 2.34. The van der Waals surface area contributed by atoms with E-state index in [-0.39, 0.29) is 24.1 Å². The number of hydrogen-bond donors (Lipinski definition) is 3. The second kappa shape index (κ2) is 7.06. The van der Waals surface area contributed by atoms with Crippen LogP contribution in [0.5, 0.6) is 5.75 Å². The molecule has 1 rings (SSSR count). The summed E-state index contributed by atoms with van der Waals surface area (Å²) >= 11 is 0. The molecule has 4 N–H and O–H groups in total. The van der Waals surface area contributed by atoms with Gasteiger partial charge in [0.25, 0.3) is 0 Å². The number of aliphatic hydroxyl groups is 1. The first-order valence-electron chi connectivity index (χ1n) is 6.44. The van der Waals surface area contributed by atoms with Gasteiger partial charge < -0.3 is 20.9 Å². The molecule has 0 amide bonds. The second-order valence-corrected chi connectivity index (χ2v) is 4.86. The summed E-state index contributed by atoms with van der Waals surface area (Å²) in [4.78, 5) is 10.7. The number of nitrogens with one attached hydrogen (secondary N) is 1. The first-order chi connectivity index (χ1) is 9.32. The Morgan fingerprint density at radius 2 is 2.10 bits per heavy atom. The van der Waals surface area contributed by atoms with Crippen molar-refractivity contribution in [1.82, 2.24) is 0 Å². The third kappa shape index (κ3) is 4.36. The Hall–Kier alpha value is -1.86. The quantitative estimate of drug-likeness (QED) is 0.516. The third-order valence-electron chi connectivity index (χ3n) is 2.69. The van der Waals surface area contributed by atoms with Gasteiger partial charge in [0.05, 0.1) is 17.1 Å². The van der Waals surface area contributed by atoms with Crippen molar-refractivity contribution in [3.8, 4) is 5.75 Å². The normalized spacial score (nSPS) is 13.9. The van der Waals surface area contributed by atoms with Crippen LogP contribution in [0.15, 0.2) is 18.2 Å². The van der Waals surface area contributed by atoms with Gasteiger partial charge in [-0.05, 0) is 32.9 Å². The van der Waals surface area contributed by atoms with Crippen LogP contribution >= 0.6 is 0 Å². The van der Waals surface area contributed by atoms with E-state index in [1.807, 2.05) is 0 Å². The number of aliphatic hydroxyl groups excluding tert-OH is 1. The molecule has 0 aliphatic heterocycles. The summed E-state index contributed by atoms with van der Waals surface area (Å²) in [5.74, 6) is 0.209. The van der Waals surface area contributed by atoms with Crippen LogP contribution < -0.4 is 15.8 Å². The molecule has 0 bridgehead atoms. The van der Waals surface area contributed by atoms with Crippen LogP contribution in [0.2, 0.25) is 0 Å². The number of ether oxygens (including phenoxy) is 1. The molecule has 2 unspecified atom stereocenters. The van der Waals surface area contributed by atoms with Crippen molar-refractivity contribution in [3.05, 3.63) is 28.3 Å². The number of nitro groups is 1. The lowest BCUT2D eigenvalue weighted by molar-refractivity contribution is -0.385. The zero-order valence-corrected chi connectivity index (χ0v) is 11.9. The molecule has 0 fully saturated rings. The SMILES string of the molecule is CC(C)Oc1cccc(NCC(N)C(C)O)c1[N+](=O)[O-]. The van der Waals surface area contributed by atoms with Gasteiger partial charge in [0, 0.05) is 12.6 Å². The molecular weight excluding hydrogens is 262 g/mol. The molecular formula is C13H21N3O4. The van der Waals surface area contributed by atoms with Gasteiger partial charge in [-0.2, -0.15) is 0 Å². The molecule has 0 radical (unpaired) electrons. The smallest absolute Gasteiger partial charge is 0.333 e. The maximum absolute atomic E-state index is 11.2. The van der Waals surface area contributed by atoms with Crippen molar-refractivity contribution in [2.45, 2.75) is 39.0 Å². The van der Waals surface area contributed by atoms with E-state index in [1.54, 1.807) is 39.0 Å². The van der Waals surface area contributed by atoms with Gasteiger partial charge in [-0.1, -0.05) is 6.07 Å². The lowest BCUT2D eigenvalue weighted by atomic mass is 10.2. The van der Waals surface area contributed by atoms with Crippen LogP contribution in [0.4, 0.5) is 11.4 Å². The summed E-state index contributed by atoms with van der Waals surface area (Å²) in [6.45, 7) is 5.39. The molecule has 0 heterocycles. The number of para-hydroxylation sites is 1. The van der Waals surface area contributed by atoms with Crippen molar-refractivity contribution in [2.24, 2.45) is 5.73 Å². The molecule has 0 saturated carbocycles. The Labute approximate surface area is 117 Å². The van der Waals surface area contributed by atoms with Gasteiger partial charge in [-0.25, -0.2) is 0 Å². The highest BCUT2D eigenvalue weighted by molar-refractivity contribution is 5.68. The van der Waals surface area contributed by atoms with Crippen molar-refractivity contribution in [1.29, 1.82) is 0 Å². The van der Waals surface area contributed by atoms with Gasteiger partial charge in [-0.15, -0.1) is 0 Å². The van der Waals surface area contributed by atoms with Gasteiger partial charge in [0.1, 0.15) is 5.69 Å². The number of hydrogen-bond acceptors (Lipinski definition) is 6. The summed E-state index contributed by atoms with van der Waals surface area (Å²) in [5.41, 5.74) is 5.89. The zero-order chi connectivity index (χ0) is 15.3. The van der Waals surface area contributed by atoms with Crippen LogP contribution in [0.1, 0.15) is 20.8 Å². The molecule has 7 nitrogen and oxygen atoms in total. The molecule has 1 aromatic carbocycles. The summed E-state index contributed by atoms with van der Waals surface area (Å²) in [6, 6.07) is 4.29. The summed E-state index contributed by atoms with van der Waals surface area (Å²) in [7, 11) is 0. The fourth-order valence-electron chi connectivity index (χ4n) is 1.60. The van der Waals surface area contributed by atoms with E-state index >= 15 is 0 Å². The predicted molar refractivity (Wildman–Crippen MR) is 77.0 cm³/mol. The van der Waals surface area contributed by atoms with E-state index in [0.717, 1.165) is 0 Å². The van der Waals surface area contributed by atoms with Gasteiger partial charge in [-0.3, -0.25) is 10.1 Å². The van der Waals surface area contributed by atoms with Crippen molar-refractivity contribution in [2.75, 3.05) is 11.9 Å². The first-order valence-corrected chi connectivity index (χ1v) is 6.44. The minimum absolute atomic E-state index is 0.126.